The second-order valence-electron chi connectivity index (χ2n) is 4.97. The van der Waals surface area contributed by atoms with Gasteiger partial charge in [0.1, 0.15) is 12.2 Å². The van der Waals surface area contributed by atoms with E-state index in [9.17, 15) is 5.11 Å². The minimum absolute atomic E-state index is 0.263. The first-order valence-electron chi connectivity index (χ1n) is 5.87. The maximum absolute atomic E-state index is 10.4. The van der Waals surface area contributed by atoms with Crippen LogP contribution in [-0.2, 0) is 6.42 Å². The quantitative estimate of drug-likeness (QED) is 0.763. The number of aliphatic hydroxyl groups is 1. The second kappa shape index (κ2) is 4.14. The molecule has 0 aliphatic heterocycles. The van der Waals surface area contributed by atoms with Gasteiger partial charge in [0.25, 0.3) is 0 Å². The number of hydrogen-bond acceptors (Lipinski definition) is 4. The predicted octanol–water partition coefficient (Wildman–Crippen LogP) is 0.501. The third kappa shape index (κ3) is 2.10. The van der Waals surface area contributed by atoms with Crippen molar-refractivity contribution in [1.29, 1.82) is 0 Å². The Balaban J connectivity index is 2.15. The fourth-order valence-corrected chi connectivity index (χ4v) is 2.11. The molecule has 0 saturated heterocycles. The summed E-state index contributed by atoms with van der Waals surface area (Å²) in [5.41, 5.74) is 4.89. The van der Waals surface area contributed by atoms with E-state index in [1.165, 1.54) is 0 Å². The number of aromatic nitrogens is 3. The van der Waals surface area contributed by atoms with E-state index in [1.807, 2.05) is 4.68 Å². The van der Waals surface area contributed by atoms with E-state index in [4.69, 9.17) is 5.73 Å². The first kappa shape index (κ1) is 11.5. The van der Waals surface area contributed by atoms with Gasteiger partial charge in [-0.15, -0.1) is 0 Å². The summed E-state index contributed by atoms with van der Waals surface area (Å²) in [6.07, 6.45) is 4.19. The summed E-state index contributed by atoms with van der Waals surface area (Å²) in [5, 5.41) is 14.6. The van der Waals surface area contributed by atoms with Crippen molar-refractivity contribution in [3.63, 3.8) is 0 Å². The van der Waals surface area contributed by atoms with E-state index >= 15 is 0 Å². The maximum Gasteiger partial charge on any atom is 0.138 e. The predicted molar refractivity (Wildman–Crippen MR) is 60.8 cm³/mol. The summed E-state index contributed by atoms with van der Waals surface area (Å²) in [5.74, 6) is 1.17. The molecule has 2 rings (SSSR count). The number of rotatable bonds is 5. The Kier molecular flexibility index (Phi) is 2.99. The molecule has 5 heteroatoms. The molecule has 1 aliphatic carbocycles. The highest BCUT2D eigenvalue weighted by Crippen LogP contribution is 2.40. The van der Waals surface area contributed by atoms with E-state index < -0.39 is 5.60 Å². The van der Waals surface area contributed by atoms with Crippen LogP contribution in [0, 0.1) is 5.92 Å². The summed E-state index contributed by atoms with van der Waals surface area (Å²) < 4.78 is 1.85. The molecule has 5 nitrogen and oxygen atoms in total. The van der Waals surface area contributed by atoms with E-state index in [-0.39, 0.29) is 6.04 Å². The van der Waals surface area contributed by atoms with Crippen molar-refractivity contribution in [2.45, 2.75) is 44.8 Å². The molecule has 0 aromatic carbocycles. The maximum atomic E-state index is 10.4. The Bertz CT molecular complexity index is 359. The van der Waals surface area contributed by atoms with Crippen molar-refractivity contribution in [3.8, 4) is 0 Å². The minimum Gasteiger partial charge on any atom is -0.388 e. The van der Waals surface area contributed by atoms with Crippen molar-refractivity contribution in [2.24, 2.45) is 11.7 Å². The Hall–Kier alpha value is -0.940. The van der Waals surface area contributed by atoms with Crippen LogP contribution in [-0.4, -0.2) is 32.0 Å². The lowest BCUT2D eigenvalue weighted by Crippen LogP contribution is -2.43. The molecule has 1 aromatic heterocycles. The smallest absolute Gasteiger partial charge is 0.138 e. The van der Waals surface area contributed by atoms with Crippen molar-refractivity contribution >= 4 is 0 Å². The van der Waals surface area contributed by atoms with E-state index in [0.29, 0.717) is 18.9 Å². The highest BCUT2D eigenvalue weighted by Gasteiger charge is 2.43. The SMILES string of the molecule is CC(C)n1ncnc1CC(O)(CN)C1CC1. The van der Waals surface area contributed by atoms with Crippen LogP contribution in [0.5, 0.6) is 0 Å². The van der Waals surface area contributed by atoms with Crippen LogP contribution in [0.15, 0.2) is 6.33 Å². The molecule has 0 amide bonds. The molecule has 16 heavy (non-hydrogen) atoms. The molecule has 1 fully saturated rings. The van der Waals surface area contributed by atoms with Crippen LogP contribution in [0.3, 0.4) is 0 Å². The zero-order valence-corrected chi connectivity index (χ0v) is 9.93. The molecule has 0 bridgehead atoms. The van der Waals surface area contributed by atoms with Crippen LogP contribution in [0.4, 0.5) is 0 Å². The topological polar surface area (TPSA) is 77.0 Å². The third-order valence-corrected chi connectivity index (χ3v) is 3.29. The Labute approximate surface area is 95.7 Å². The summed E-state index contributed by atoms with van der Waals surface area (Å²) in [7, 11) is 0. The van der Waals surface area contributed by atoms with Gasteiger partial charge >= 0.3 is 0 Å². The van der Waals surface area contributed by atoms with E-state index in [2.05, 4.69) is 23.9 Å². The molecule has 1 aromatic rings. The first-order chi connectivity index (χ1) is 7.57. The zero-order valence-electron chi connectivity index (χ0n) is 9.93. The Morgan fingerprint density at radius 1 is 1.62 bits per heavy atom. The summed E-state index contributed by atoms with van der Waals surface area (Å²) in [6, 6.07) is 0.263. The highest BCUT2D eigenvalue weighted by molar-refractivity contribution is 5.03. The van der Waals surface area contributed by atoms with Gasteiger partial charge in [-0.05, 0) is 32.6 Å². The number of hydrogen-bond donors (Lipinski definition) is 2. The molecular weight excluding hydrogens is 204 g/mol. The van der Waals surface area contributed by atoms with Crippen LogP contribution in [0.2, 0.25) is 0 Å². The number of nitrogens with zero attached hydrogens (tertiary/aromatic N) is 3. The molecule has 90 valence electrons. The molecule has 3 N–H and O–H groups in total. The molecule has 0 spiro atoms. The van der Waals surface area contributed by atoms with Crippen LogP contribution < -0.4 is 5.73 Å². The van der Waals surface area contributed by atoms with Crippen molar-refractivity contribution in [1.82, 2.24) is 14.8 Å². The van der Waals surface area contributed by atoms with Crippen molar-refractivity contribution in [3.05, 3.63) is 12.2 Å². The van der Waals surface area contributed by atoms with Gasteiger partial charge in [-0.3, -0.25) is 0 Å². The minimum atomic E-state index is -0.792. The van der Waals surface area contributed by atoms with Gasteiger partial charge in [0.05, 0.1) is 5.60 Å². The van der Waals surface area contributed by atoms with Gasteiger partial charge in [0.2, 0.25) is 0 Å². The Morgan fingerprint density at radius 2 is 2.31 bits per heavy atom. The Morgan fingerprint density at radius 3 is 2.81 bits per heavy atom. The second-order valence-corrected chi connectivity index (χ2v) is 4.97. The average molecular weight is 224 g/mol. The molecule has 1 unspecified atom stereocenters. The fraction of sp³-hybridized carbons (Fsp3) is 0.818. The van der Waals surface area contributed by atoms with Crippen LogP contribution in [0.25, 0.3) is 0 Å². The molecule has 1 saturated carbocycles. The lowest BCUT2D eigenvalue weighted by Gasteiger charge is -2.26. The zero-order chi connectivity index (χ0) is 11.8. The lowest BCUT2D eigenvalue weighted by atomic mass is 9.93. The van der Waals surface area contributed by atoms with E-state index in [0.717, 1.165) is 18.7 Å². The molecule has 1 atom stereocenters. The molecule has 1 heterocycles. The van der Waals surface area contributed by atoms with Gasteiger partial charge in [-0.2, -0.15) is 5.10 Å². The van der Waals surface area contributed by atoms with Gasteiger partial charge in [0.15, 0.2) is 0 Å². The fourth-order valence-electron chi connectivity index (χ4n) is 2.11. The standard InChI is InChI=1S/C11H20N4O/c1-8(2)15-10(13-7-14-15)5-11(16,6-12)9-3-4-9/h7-9,16H,3-6,12H2,1-2H3. The first-order valence-corrected chi connectivity index (χ1v) is 5.87. The normalized spacial score (nSPS) is 20.1. The van der Waals surface area contributed by atoms with Crippen LogP contribution in [0.1, 0.15) is 38.6 Å². The third-order valence-electron chi connectivity index (χ3n) is 3.29. The average Bonchev–Trinajstić information content (AvgIpc) is 3.00. The van der Waals surface area contributed by atoms with Gasteiger partial charge in [0, 0.05) is 19.0 Å². The summed E-state index contributed by atoms with van der Waals surface area (Å²) >= 11 is 0. The van der Waals surface area contributed by atoms with Gasteiger partial charge < -0.3 is 10.8 Å². The van der Waals surface area contributed by atoms with Crippen LogP contribution >= 0.6 is 0 Å². The molecular formula is C11H20N4O. The van der Waals surface area contributed by atoms with Gasteiger partial charge in [-0.25, -0.2) is 9.67 Å². The van der Waals surface area contributed by atoms with Crippen molar-refractivity contribution in [2.75, 3.05) is 6.54 Å². The monoisotopic (exact) mass is 224 g/mol. The summed E-state index contributed by atoms with van der Waals surface area (Å²) in [6.45, 7) is 4.40. The molecule has 0 radical (unpaired) electrons. The summed E-state index contributed by atoms with van der Waals surface area (Å²) in [4.78, 5) is 4.22. The highest BCUT2D eigenvalue weighted by atomic mass is 16.3. The number of nitrogens with two attached hydrogens (primary N) is 1. The largest absolute Gasteiger partial charge is 0.388 e. The van der Waals surface area contributed by atoms with Crippen molar-refractivity contribution < 1.29 is 5.11 Å². The van der Waals surface area contributed by atoms with E-state index in [1.54, 1.807) is 6.33 Å². The molecule has 1 aliphatic rings. The lowest BCUT2D eigenvalue weighted by molar-refractivity contribution is 0.0235. The van der Waals surface area contributed by atoms with Gasteiger partial charge in [-0.1, -0.05) is 0 Å².